The van der Waals surface area contributed by atoms with Gasteiger partial charge in [-0.05, 0) is 20.3 Å². The van der Waals surface area contributed by atoms with Crippen LogP contribution in [0.5, 0.6) is 0 Å². The van der Waals surface area contributed by atoms with E-state index in [0.29, 0.717) is 25.4 Å². The molecule has 4 rings (SSSR count). The van der Waals surface area contributed by atoms with Gasteiger partial charge in [0.2, 0.25) is 5.95 Å². The van der Waals surface area contributed by atoms with Crippen LogP contribution in [0.1, 0.15) is 30.6 Å². The highest BCUT2D eigenvalue weighted by molar-refractivity contribution is 5.58. The summed E-state index contributed by atoms with van der Waals surface area (Å²) in [5, 5.41) is 10.1. The Morgan fingerprint density at radius 2 is 2.00 bits per heavy atom. The third-order valence-electron chi connectivity index (χ3n) is 5.42. The molecule has 0 saturated carbocycles. The Balaban J connectivity index is 1.44. The van der Waals surface area contributed by atoms with Gasteiger partial charge in [-0.1, -0.05) is 0 Å². The van der Waals surface area contributed by atoms with E-state index in [9.17, 15) is 13.2 Å². The van der Waals surface area contributed by atoms with Crippen molar-refractivity contribution in [1.29, 1.82) is 0 Å². The molecular formula is C19H26F3N7O2. The molecule has 2 aliphatic heterocycles. The molecule has 2 fully saturated rings. The Bertz CT molecular complexity index is 899. The molecule has 0 radical (unpaired) electrons. The van der Waals surface area contributed by atoms with Crippen molar-refractivity contribution < 1.29 is 22.6 Å². The number of rotatable bonds is 7. The zero-order chi connectivity index (χ0) is 22.0. The first-order valence-electron chi connectivity index (χ1n) is 10.3. The van der Waals surface area contributed by atoms with Crippen molar-refractivity contribution in [3.63, 3.8) is 0 Å². The molecule has 2 saturated heterocycles. The first kappa shape index (κ1) is 21.8. The van der Waals surface area contributed by atoms with Crippen molar-refractivity contribution in [3.05, 3.63) is 23.7 Å². The summed E-state index contributed by atoms with van der Waals surface area (Å²) >= 11 is 0. The molecule has 9 nitrogen and oxygen atoms in total. The molecule has 2 aliphatic rings. The second kappa shape index (κ2) is 8.97. The van der Waals surface area contributed by atoms with Gasteiger partial charge in [0.15, 0.2) is 6.29 Å². The SMILES string of the molecule is CCNc1nc(Nc2cnn(C3CCN(CC4OCCO4)C3)c2C)ncc1C(F)(F)F. The summed E-state index contributed by atoms with van der Waals surface area (Å²) in [7, 11) is 0. The number of nitrogens with one attached hydrogen (secondary N) is 2. The van der Waals surface area contributed by atoms with Gasteiger partial charge in [0.1, 0.15) is 11.4 Å². The van der Waals surface area contributed by atoms with Gasteiger partial charge in [-0.3, -0.25) is 9.58 Å². The molecule has 0 aromatic carbocycles. The number of halogens is 3. The maximum atomic E-state index is 13.2. The van der Waals surface area contributed by atoms with Crippen LogP contribution >= 0.6 is 0 Å². The van der Waals surface area contributed by atoms with Crippen LogP contribution in [-0.4, -0.2) is 70.3 Å². The van der Waals surface area contributed by atoms with Crippen molar-refractivity contribution in [2.24, 2.45) is 0 Å². The lowest BCUT2D eigenvalue weighted by molar-refractivity contribution is -0.137. The average Bonchev–Trinajstić information content (AvgIpc) is 3.45. The van der Waals surface area contributed by atoms with Gasteiger partial charge in [0.05, 0.1) is 36.8 Å². The summed E-state index contributed by atoms with van der Waals surface area (Å²) in [5.41, 5.74) is 0.630. The van der Waals surface area contributed by atoms with Crippen LogP contribution in [0.3, 0.4) is 0 Å². The predicted octanol–water partition coefficient (Wildman–Crippen LogP) is 2.80. The Hall–Kier alpha value is -2.44. The van der Waals surface area contributed by atoms with Crippen molar-refractivity contribution >= 4 is 17.5 Å². The fourth-order valence-electron chi connectivity index (χ4n) is 3.89. The lowest BCUT2D eigenvalue weighted by atomic mass is 10.2. The molecule has 31 heavy (non-hydrogen) atoms. The highest BCUT2D eigenvalue weighted by Crippen LogP contribution is 2.34. The Labute approximate surface area is 177 Å². The molecule has 170 valence electrons. The van der Waals surface area contributed by atoms with Gasteiger partial charge >= 0.3 is 6.18 Å². The van der Waals surface area contributed by atoms with Crippen LogP contribution < -0.4 is 10.6 Å². The number of hydrogen-bond donors (Lipinski definition) is 2. The number of ether oxygens (including phenoxy) is 2. The van der Waals surface area contributed by atoms with E-state index in [1.807, 2.05) is 11.6 Å². The van der Waals surface area contributed by atoms with Crippen molar-refractivity contribution in [3.8, 4) is 0 Å². The van der Waals surface area contributed by atoms with E-state index < -0.39 is 11.7 Å². The molecule has 0 spiro atoms. The smallest absolute Gasteiger partial charge is 0.370 e. The molecule has 0 amide bonds. The zero-order valence-electron chi connectivity index (χ0n) is 17.4. The number of alkyl halides is 3. The average molecular weight is 441 g/mol. The minimum Gasteiger partial charge on any atom is -0.370 e. The lowest BCUT2D eigenvalue weighted by Gasteiger charge is -2.19. The maximum absolute atomic E-state index is 13.2. The van der Waals surface area contributed by atoms with Gasteiger partial charge in [0.25, 0.3) is 0 Å². The van der Waals surface area contributed by atoms with Crippen LogP contribution in [0.2, 0.25) is 0 Å². The maximum Gasteiger partial charge on any atom is 0.421 e. The van der Waals surface area contributed by atoms with Gasteiger partial charge in [-0.25, -0.2) is 4.98 Å². The number of hydrogen-bond acceptors (Lipinski definition) is 8. The second-order valence-corrected chi connectivity index (χ2v) is 7.57. The van der Waals surface area contributed by atoms with Crippen molar-refractivity contribution in [2.45, 2.75) is 38.8 Å². The topological polar surface area (TPSA) is 89.4 Å². The molecule has 1 unspecified atom stereocenters. The summed E-state index contributed by atoms with van der Waals surface area (Å²) in [6, 6.07) is 0.197. The summed E-state index contributed by atoms with van der Waals surface area (Å²) in [4.78, 5) is 10.1. The van der Waals surface area contributed by atoms with Crippen LogP contribution in [0, 0.1) is 6.92 Å². The minimum atomic E-state index is -4.53. The molecule has 12 heteroatoms. The highest BCUT2D eigenvalue weighted by atomic mass is 19.4. The summed E-state index contributed by atoms with van der Waals surface area (Å²) in [6.07, 6.45) is -1.32. The van der Waals surface area contributed by atoms with Crippen molar-refractivity contribution in [1.82, 2.24) is 24.6 Å². The van der Waals surface area contributed by atoms with Gasteiger partial charge in [-0.15, -0.1) is 0 Å². The quantitative estimate of drug-likeness (QED) is 0.678. The molecule has 2 aromatic heterocycles. The normalized spacial score (nSPS) is 20.5. The Morgan fingerprint density at radius 1 is 1.23 bits per heavy atom. The standard InChI is InChI=1S/C19H26F3N7O2/c1-3-23-17-14(19(20,21)22)8-24-18(27-17)26-15-9-25-29(12(15)2)13-4-5-28(10-13)11-16-30-6-7-31-16/h8-9,13,16H,3-7,10-11H2,1-2H3,(H2,23,24,26,27). The monoisotopic (exact) mass is 441 g/mol. The van der Waals surface area contributed by atoms with E-state index in [2.05, 4.69) is 30.6 Å². The predicted molar refractivity (Wildman–Crippen MR) is 107 cm³/mol. The van der Waals surface area contributed by atoms with Gasteiger partial charge in [0, 0.05) is 32.4 Å². The number of nitrogens with zero attached hydrogens (tertiary/aromatic N) is 5. The van der Waals surface area contributed by atoms with Crippen LogP contribution in [0.25, 0.3) is 0 Å². The van der Waals surface area contributed by atoms with E-state index in [1.54, 1.807) is 13.1 Å². The highest BCUT2D eigenvalue weighted by Gasteiger charge is 2.35. The molecule has 2 N–H and O–H groups in total. The molecule has 1 atom stereocenters. The lowest BCUT2D eigenvalue weighted by Crippen LogP contribution is -2.31. The van der Waals surface area contributed by atoms with E-state index in [1.165, 1.54) is 0 Å². The fourth-order valence-corrected chi connectivity index (χ4v) is 3.89. The molecule has 0 bridgehead atoms. The third kappa shape index (κ3) is 4.91. The summed E-state index contributed by atoms with van der Waals surface area (Å²) in [6.45, 7) is 7.68. The second-order valence-electron chi connectivity index (χ2n) is 7.57. The Morgan fingerprint density at radius 3 is 2.71 bits per heavy atom. The molecule has 4 heterocycles. The van der Waals surface area contributed by atoms with E-state index in [-0.39, 0.29) is 24.1 Å². The Kier molecular flexibility index (Phi) is 6.30. The minimum absolute atomic E-state index is 0.0789. The van der Waals surface area contributed by atoms with Gasteiger partial charge < -0.3 is 20.1 Å². The first-order chi connectivity index (χ1) is 14.8. The fraction of sp³-hybridized carbons (Fsp3) is 0.632. The largest absolute Gasteiger partial charge is 0.421 e. The van der Waals surface area contributed by atoms with Crippen molar-refractivity contribution in [2.75, 3.05) is 50.0 Å². The summed E-state index contributed by atoms with van der Waals surface area (Å²) < 4.78 is 52.4. The van der Waals surface area contributed by atoms with Crippen LogP contribution in [-0.2, 0) is 15.7 Å². The van der Waals surface area contributed by atoms with E-state index >= 15 is 0 Å². The van der Waals surface area contributed by atoms with E-state index in [0.717, 1.165) is 37.9 Å². The number of aromatic nitrogens is 4. The summed E-state index contributed by atoms with van der Waals surface area (Å²) in [5.74, 6) is -0.171. The first-order valence-corrected chi connectivity index (χ1v) is 10.3. The zero-order valence-corrected chi connectivity index (χ0v) is 17.4. The third-order valence-corrected chi connectivity index (χ3v) is 5.42. The molecule has 0 aliphatic carbocycles. The molecule has 2 aromatic rings. The van der Waals surface area contributed by atoms with E-state index in [4.69, 9.17) is 9.47 Å². The van der Waals surface area contributed by atoms with Crippen LogP contribution in [0.4, 0.5) is 30.6 Å². The number of anilines is 3. The molecular weight excluding hydrogens is 415 g/mol. The van der Waals surface area contributed by atoms with Gasteiger partial charge in [-0.2, -0.15) is 23.3 Å². The number of likely N-dealkylation sites (tertiary alicyclic amines) is 1. The van der Waals surface area contributed by atoms with Crippen LogP contribution in [0.15, 0.2) is 12.4 Å².